The molecule has 3 N–H and O–H groups in total. The maximum atomic E-state index is 13.5. The second-order valence-electron chi connectivity index (χ2n) is 6.27. The van der Waals surface area contributed by atoms with Gasteiger partial charge in [0.1, 0.15) is 11.9 Å². The Morgan fingerprint density at radius 3 is 2.32 bits per heavy atom. The number of nitrogens with two attached hydrogens (primary N) is 1. The molecule has 2 aromatic rings. The number of hydrogen-bond donors (Lipinski definition) is 2. The van der Waals surface area contributed by atoms with E-state index < -0.39 is 23.0 Å². The number of hydrogen-bond acceptors (Lipinski definition) is 4. The Kier molecular flexibility index (Phi) is 7.17. The molecule has 0 fully saturated rings. The van der Waals surface area contributed by atoms with Crippen molar-refractivity contribution in [2.75, 3.05) is 12.4 Å². The molecule has 2 aromatic carbocycles. The van der Waals surface area contributed by atoms with Crippen molar-refractivity contribution in [3.05, 3.63) is 59.9 Å². The molecule has 2 rings (SSSR count). The van der Waals surface area contributed by atoms with Crippen molar-refractivity contribution in [3.63, 3.8) is 0 Å². The summed E-state index contributed by atoms with van der Waals surface area (Å²) in [5.41, 5.74) is 6.45. The van der Waals surface area contributed by atoms with Crippen molar-refractivity contribution < 1.29 is 18.8 Å². The molecular weight excluding hydrogens is 381 g/mol. The van der Waals surface area contributed by atoms with E-state index in [1.165, 1.54) is 48.8 Å². The van der Waals surface area contributed by atoms with Gasteiger partial charge in [-0.25, -0.2) is 4.39 Å². The third kappa shape index (κ3) is 5.56. The van der Waals surface area contributed by atoms with Crippen LogP contribution in [0.1, 0.15) is 25.5 Å². The minimum absolute atomic E-state index is 0.166. The normalized spacial score (nSPS) is 12.7. The Morgan fingerprint density at radius 1 is 1.14 bits per heavy atom. The number of carbonyl (C=O) groups excluding carboxylic acids is 3. The van der Waals surface area contributed by atoms with Crippen molar-refractivity contribution >= 4 is 35.2 Å². The first-order valence-electron chi connectivity index (χ1n) is 8.54. The van der Waals surface area contributed by atoms with Crippen molar-refractivity contribution in [2.24, 2.45) is 5.73 Å². The van der Waals surface area contributed by atoms with Gasteiger partial charge in [-0.2, -0.15) is 0 Å². The summed E-state index contributed by atoms with van der Waals surface area (Å²) >= 11 is 1.30. The molecule has 0 saturated carbocycles. The first kappa shape index (κ1) is 21.4. The third-order valence-electron chi connectivity index (χ3n) is 4.00. The summed E-state index contributed by atoms with van der Waals surface area (Å²) in [5, 5.41) is 2.16. The van der Waals surface area contributed by atoms with Gasteiger partial charge in [0.15, 0.2) is 0 Å². The second kappa shape index (κ2) is 9.36. The van der Waals surface area contributed by atoms with Crippen LogP contribution in [0, 0.1) is 5.82 Å². The average molecular weight is 403 g/mol. The van der Waals surface area contributed by atoms with Crippen LogP contribution in [0.15, 0.2) is 53.4 Å². The van der Waals surface area contributed by atoms with E-state index in [9.17, 15) is 18.8 Å². The number of amides is 3. The molecule has 8 heteroatoms. The molecule has 0 bridgehead atoms. The lowest BCUT2D eigenvalue weighted by Crippen LogP contribution is -2.42. The van der Waals surface area contributed by atoms with Gasteiger partial charge in [0, 0.05) is 24.6 Å². The number of benzene rings is 2. The Morgan fingerprint density at radius 2 is 1.79 bits per heavy atom. The van der Waals surface area contributed by atoms with Gasteiger partial charge in [-0.15, -0.1) is 11.8 Å². The maximum absolute atomic E-state index is 13.5. The molecule has 0 aliphatic rings. The van der Waals surface area contributed by atoms with E-state index in [0.717, 1.165) is 4.90 Å². The number of likely N-dealkylation sites (N-methyl/N-ethyl adjacent to an activating group) is 1. The van der Waals surface area contributed by atoms with Crippen LogP contribution in [-0.4, -0.2) is 34.9 Å². The zero-order valence-electron chi connectivity index (χ0n) is 15.8. The average Bonchev–Trinajstić information content (AvgIpc) is 2.62. The molecule has 0 heterocycles. The molecule has 6 nitrogen and oxygen atoms in total. The predicted molar refractivity (Wildman–Crippen MR) is 107 cm³/mol. The highest BCUT2D eigenvalue weighted by molar-refractivity contribution is 8.00. The van der Waals surface area contributed by atoms with Gasteiger partial charge in [0.2, 0.25) is 17.7 Å². The van der Waals surface area contributed by atoms with E-state index in [4.69, 9.17) is 5.73 Å². The zero-order chi connectivity index (χ0) is 20.8. The molecule has 0 aliphatic carbocycles. The molecule has 0 radical (unpaired) electrons. The smallest absolute Gasteiger partial charge is 0.244 e. The largest absolute Gasteiger partial charge is 0.368 e. The van der Waals surface area contributed by atoms with E-state index in [1.54, 1.807) is 37.3 Å². The first-order chi connectivity index (χ1) is 13.2. The zero-order valence-corrected chi connectivity index (χ0v) is 16.6. The molecule has 0 aliphatic heterocycles. The van der Waals surface area contributed by atoms with Crippen LogP contribution in [0.3, 0.4) is 0 Å². The maximum Gasteiger partial charge on any atom is 0.244 e. The van der Waals surface area contributed by atoms with E-state index in [0.29, 0.717) is 11.3 Å². The molecule has 148 valence electrons. The highest BCUT2D eigenvalue weighted by atomic mass is 32.2. The van der Waals surface area contributed by atoms with Crippen LogP contribution < -0.4 is 11.1 Å². The summed E-state index contributed by atoms with van der Waals surface area (Å²) in [6.07, 6.45) is 0. The fourth-order valence-corrected chi connectivity index (χ4v) is 3.71. The predicted octanol–water partition coefficient (Wildman–Crippen LogP) is 2.95. The van der Waals surface area contributed by atoms with Crippen LogP contribution in [0.5, 0.6) is 0 Å². The monoisotopic (exact) mass is 403 g/mol. The number of nitrogens with one attached hydrogen (secondary N) is 1. The molecule has 2 unspecified atom stereocenters. The van der Waals surface area contributed by atoms with Crippen LogP contribution >= 0.6 is 11.8 Å². The van der Waals surface area contributed by atoms with Gasteiger partial charge in [0.05, 0.1) is 5.25 Å². The van der Waals surface area contributed by atoms with E-state index >= 15 is 0 Å². The topological polar surface area (TPSA) is 92.5 Å². The Bertz CT molecular complexity index is 873. The molecule has 3 amide bonds. The highest BCUT2D eigenvalue weighted by Crippen LogP contribution is 2.28. The van der Waals surface area contributed by atoms with Crippen molar-refractivity contribution in [2.45, 2.75) is 30.0 Å². The quantitative estimate of drug-likeness (QED) is 0.695. The standard InChI is InChI=1S/C20H22FN3O3S/c1-12(28-17-9-7-16(8-10-17)23-13(2)25)20(27)24(3)18(19(22)26)14-5-4-6-15(21)11-14/h4-12,18H,1-3H3,(H2,22,26)(H,23,25). The first-order valence-corrected chi connectivity index (χ1v) is 9.42. The summed E-state index contributed by atoms with van der Waals surface area (Å²) in [7, 11) is 1.47. The Labute approximate surface area is 167 Å². The van der Waals surface area contributed by atoms with Crippen molar-refractivity contribution in [1.29, 1.82) is 0 Å². The SMILES string of the molecule is CC(=O)Nc1ccc(SC(C)C(=O)N(C)C(C(N)=O)c2cccc(F)c2)cc1. The van der Waals surface area contributed by atoms with Gasteiger partial charge in [-0.3, -0.25) is 14.4 Å². The van der Waals surface area contributed by atoms with Crippen molar-refractivity contribution in [1.82, 2.24) is 4.90 Å². The number of halogens is 1. The number of rotatable bonds is 7. The van der Waals surface area contributed by atoms with Gasteiger partial charge < -0.3 is 16.0 Å². The van der Waals surface area contributed by atoms with E-state index in [1.807, 2.05) is 0 Å². The number of primary amides is 1. The molecule has 28 heavy (non-hydrogen) atoms. The van der Waals surface area contributed by atoms with Gasteiger partial charge in [0.25, 0.3) is 0 Å². The summed E-state index contributed by atoms with van der Waals surface area (Å²) in [6, 6.07) is 11.5. The minimum Gasteiger partial charge on any atom is -0.368 e. The lowest BCUT2D eigenvalue weighted by molar-refractivity contribution is -0.137. The second-order valence-corrected chi connectivity index (χ2v) is 7.69. The summed E-state index contributed by atoms with van der Waals surface area (Å²) in [5.74, 6) is -1.73. The van der Waals surface area contributed by atoms with Gasteiger partial charge in [-0.05, 0) is 48.9 Å². The fraction of sp³-hybridized carbons (Fsp3) is 0.250. The Hall–Kier alpha value is -2.87. The van der Waals surface area contributed by atoms with Gasteiger partial charge in [-0.1, -0.05) is 12.1 Å². The lowest BCUT2D eigenvalue weighted by Gasteiger charge is -2.28. The van der Waals surface area contributed by atoms with E-state index in [2.05, 4.69) is 5.32 Å². The molecule has 0 saturated heterocycles. The van der Waals surface area contributed by atoms with Crippen LogP contribution in [-0.2, 0) is 14.4 Å². The minimum atomic E-state index is -1.06. The highest BCUT2D eigenvalue weighted by Gasteiger charge is 2.30. The molecule has 0 aromatic heterocycles. The van der Waals surface area contributed by atoms with Crippen LogP contribution in [0.25, 0.3) is 0 Å². The fourth-order valence-electron chi connectivity index (χ4n) is 2.74. The Balaban J connectivity index is 2.11. The lowest BCUT2D eigenvalue weighted by atomic mass is 10.0. The summed E-state index contributed by atoms with van der Waals surface area (Å²) < 4.78 is 13.5. The number of carbonyl (C=O) groups is 3. The molecule has 2 atom stereocenters. The molecule has 0 spiro atoms. The number of nitrogens with zero attached hydrogens (tertiary/aromatic N) is 1. The summed E-state index contributed by atoms with van der Waals surface area (Å²) in [4.78, 5) is 37.9. The van der Waals surface area contributed by atoms with Gasteiger partial charge >= 0.3 is 0 Å². The van der Waals surface area contributed by atoms with Crippen LogP contribution in [0.2, 0.25) is 0 Å². The van der Waals surface area contributed by atoms with E-state index in [-0.39, 0.29) is 11.8 Å². The number of thioether (sulfide) groups is 1. The number of anilines is 1. The molecular formula is C20H22FN3O3S. The van der Waals surface area contributed by atoms with Crippen molar-refractivity contribution in [3.8, 4) is 0 Å². The third-order valence-corrected chi connectivity index (χ3v) is 5.10. The van der Waals surface area contributed by atoms with Crippen LogP contribution in [0.4, 0.5) is 10.1 Å². The summed E-state index contributed by atoms with van der Waals surface area (Å²) in [6.45, 7) is 3.14.